The van der Waals surface area contributed by atoms with Gasteiger partial charge >= 0.3 is 0 Å². The van der Waals surface area contributed by atoms with Crippen molar-refractivity contribution in [3.8, 4) is 0 Å². The molecule has 0 aromatic rings. The van der Waals surface area contributed by atoms with Gasteiger partial charge in [-0.05, 0) is 13.8 Å². The summed E-state index contributed by atoms with van der Waals surface area (Å²) in [5.41, 5.74) is 2.50. The van der Waals surface area contributed by atoms with Crippen LogP contribution < -0.4 is 5.32 Å². The Bertz CT molecular complexity index is 332. The molecule has 1 aliphatic rings. The van der Waals surface area contributed by atoms with E-state index < -0.39 is 0 Å². The first kappa shape index (κ1) is 9.52. The fraction of sp³-hybridized carbons (Fsp3) is 0.182. The Labute approximate surface area is 78.3 Å². The van der Waals surface area contributed by atoms with Gasteiger partial charge in [-0.2, -0.15) is 0 Å². The van der Waals surface area contributed by atoms with Crippen LogP contribution in [-0.4, -0.2) is 5.91 Å². The van der Waals surface area contributed by atoms with Gasteiger partial charge in [0.25, 0.3) is 5.91 Å². The van der Waals surface area contributed by atoms with Gasteiger partial charge in [-0.3, -0.25) is 4.79 Å². The van der Waals surface area contributed by atoms with E-state index in [2.05, 4.69) is 11.9 Å². The fourth-order valence-corrected chi connectivity index (χ4v) is 1.34. The van der Waals surface area contributed by atoms with Crippen LogP contribution in [0.1, 0.15) is 13.8 Å². The van der Waals surface area contributed by atoms with Gasteiger partial charge in [0, 0.05) is 16.8 Å². The molecular weight excluding hydrogens is 162 g/mol. The summed E-state index contributed by atoms with van der Waals surface area (Å²) in [7, 11) is 0. The first-order chi connectivity index (χ1) is 6.24. The van der Waals surface area contributed by atoms with E-state index in [4.69, 9.17) is 0 Å². The van der Waals surface area contributed by atoms with E-state index in [1.807, 2.05) is 26.0 Å². The lowest BCUT2D eigenvalue weighted by Gasteiger charge is -1.96. The van der Waals surface area contributed by atoms with Crippen LogP contribution in [0.3, 0.4) is 0 Å². The number of allylic oxidation sites excluding steroid dienone is 5. The van der Waals surface area contributed by atoms with Gasteiger partial charge in [0.15, 0.2) is 0 Å². The third-order valence-electron chi connectivity index (χ3n) is 1.94. The lowest BCUT2D eigenvalue weighted by Crippen LogP contribution is -2.12. The largest absolute Gasteiger partial charge is 0.322 e. The summed E-state index contributed by atoms with van der Waals surface area (Å²) < 4.78 is 0. The van der Waals surface area contributed by atoms with E-state index in [1.54, 1.807) is 12.2 Å². The topological polar surface area (TPSA) is 29.1 Å². The average Bonchev–Trinajstić information content (AvgIpc) is 2.43. The van der Waals surface area contributed by atoms with E-state index in [0.29, 0.717) is 5.57 Å². The first-order valence-electron chi connectivity index (χ1n) is 4.22. The molecule has 0 radical (unpaired) electrons. The molecule has 13 heavy (non-hydrogen) atoms. The molecule has 0 spiro atoms. The van der Waals surface area contributed by atoms with Crippen LogP contribution >= 0.6 is 0 Å². The fourth-order valence-electron chi connectivity index (χ4n) is 1.34. The molecule has 68 valence electrons. The zero-order valence-corrected chi connectivity index (χ0v) is 7.92. The Hall–Kier alpha value is -1.57. The molecule has 2 nitrogen and oxygen atoms in total. The maximum absolute atomic E-state index is 11.4. The maximum Gasteiger partial charge on any atom is 0.256 e. The molecule has 0 aromatic carbocycles. The molecule has 0 saturated carbocycles. The number of carbonyl (C=O) groups excluding carboxylic acids is 1. The highest BCUT2D eigenvalue weighted by molar-refractivity contribution is 6.05. The number of hydrogen-bond acceptors (Lipinski definition) is 1. The zero-order chi connectivity index (χ0) is 9.84. The Morgan fingerprint density at radius 1 is 1.23 bits per heavy atom. The Kier molecular flexibility index (Phi) is 2.85. The van der Waals surface area contributed by atoms with Crippen molar-refractivity contribution in [2.45, 2.75) is 13.8 Å². The molecule has 2 heteroatoms. The van der Waals surface area contributed by atoms with Gasteiger partial charge in [-0.1, -0.05) is 30.9 Å². The average molecular weight is 175 g/mol. The summed E-state index contributed by atoms with van der Waals surface area (Å²) in [6.07, 6.45) is 7.20. The molecule has 1 amide bonds. The Balaban J connectivity index is 3.21. The van der Waals surface area contributed by atoms with Crippen LogP contribution in [0.2, 0.25) is 0 Å². The minimum atomic E-state index is -0.0382. The molecule has 0 aliphatic carbocycles. The van der Waals surface area contributed by atoms with Gasteiger partial charge in [0.05, 0.1) is 0 Å². The monoisotopic (exact) mass is 175 g/mol. The molecule has 1 aliphatic heterocycles. The standard InChI is InChI=1S/C11H13NO/c1-4-7-9-8(5-2)11(13)12-10(9)6-3/h4-7H,1H2,2-3H3,(H,12,13)/b8-5+,9-7-,10-6+. The number of rotatable bonds is 1. The molecule has 1 rings (SSSR count). The van der Waals surface area contributed by atoms with E-state index in [-0.39, 0.29) is 5.91 Å². The highest BCUT2D eigenvalue weighted by Gasteiger charge is 2.24. The van der Waals surface area contributed by atoms with Crippen molar-refractivity contribution in [1.29, 1.82) is 0 Å². The Morgan fingerprint density at radius 2 is 1.92 bits per heavy atom. The highest BCUT2D eigenvalue weighted by Crippen LogP contribution is 2.24. The SMILES string of the molecule is C=C/C=C1C(=C/C)\NC(=O)C\1=C\C. The van der Waals surface area contributed by atoms with E-state index in [0.717, 1.165) is 11.3 Å². The molecule has 0 atom stereocenters. The predicted octanol–water partition coefficient (Wildman–Crippen LogP) is 2.08. The van der Waals surface area contributed by atoms with Crippen LogP contribution in [0, 0.1) is 0 Å². The summed E-state index contributed by atoms with van der Waals surface area (Å²) in [5.74, 6) is -0.0382. The van der Waals surface area contributed by atoms with Crippen molar-refractivity contribution in [2.75, 3.05) is 0 Å². The predicted molar refractivity (Wildman–Crippen MR) is 53.9 cm³/mol. The van der Waals surface area contributed by atoms with Crippen molar-refractivity contribution in [3.63, 3.8) is 0 Å². The lowest BCUT2D eigenvalue weighted by atomic mass is 10.1. The van der Waals surface area contributed by atoms with Gasteiger partial charge < -0.3 is 5.32 Å². The van der Waals surface area contributed by atoms with Crippen LogP contribution in [0.4, 0.5) is 0 Å². The summed E-state index contributed by atoms with van der Waals surface area (Å²) in [6, 6.07) is 0. The van der Waals surface area contributed by atoms with Crippen molar-refractivity contribution < 1.29 is 4.79 Å². The first-order valence-corrected chi connectivity index (χ1v) is 4.22. The molecule has 0 unspecified atom stereocenters. The highest BCUT2D eigenvalue weighted by atomic mass is 16.2. The minimum absolute atomic E-state index is 0.0382. The number of nitrogens with one attached hydrogen (secondary N) is 1. The van der Waals surface area contributed by atoms with Crippen molar-refractivity contribution in [1.82, 2.24) is 5.32 Å². The second-order valence-electron chi connectivity index (χ2n) is 2.67. The molecule has 0 aromatic heterocycles. The third kappa shape index (κ3) is 1.61. The van der Waals surface area contributed by atoms with Gasteiger partial charge in [-0.15, -0.1) is 0 Å². The van der Waals surface area contributed by atoms with Gasteiger partial charge in [-0.25, -0.2) is 0 Å². The molecule has 1 N–H and O–H groups in total. The molecule has 0 bridgehead atoms. The quantitative estimate of drug-likeness (QED) is 0.607. The van der Waals surface area contributed by atoms with Crippen LogP contribution in [0.25, 0.3) is 0 Å². The van der Waals surface area contributed by atoms with Gasteiger partial charge in [0.1, 0.15) is 0 Å². The number of carbonyl (C=O) groups is 1. The summed E-state index contributed by atoms with van der Waals surface area (Å²) in [4.78, 5) is 11.4. The van der Waals surface area contributed by atoms with E-state index in [1.165, 1.54) is 0 Å². The van der Waals surface area contributed by atoms with Crippen LogP contribution in [-0.2, 0) is 4.79 Å². The number of hydrogen-bond donors (Lipinski definition) is 1. The van der Waals surface area contributed by atoms with Crippen LogP contribution in [0.5, 0.6) is 0 Å². The summed E-state index contributed by atoms with van der Waals surface area (Å²) in [6.45, 7) is 7.36. The molecular formula is C11H13NO. The van der Waals surface area contributed by atoms with Crippen LogP contribution in [0.15, 0.2) is 47.7 Å². The summed E-state index contributed by atoms with van der Waals surface area (Å²) >= 11 is 0. The van der Waals surface area contributed by atoms with Crippen molar-refractivity contribution >= 4 is 5.91 Å². The lowest BCUT2D eigenvalue weighted by molar-refractivity contribution is -0.115. The molecule has 1 heterocycles. The van der Waals surface area contributed by atoms with Crippen molar-refractivity contribution in [2.24, 2.45) is 0 Å². The maximum atomic E-state index is 11.4. The van der Waals surface area contributed by atoms with E-state index in [9.17, 15) is 4.79 Å². The second kappa shape index (κ2) is 3.90. The zero-order valence-electron chi connectivity index (χ0n) is 7.92. The third-order valence-corrected chi connectivity index (χ3v) is 1.94. The van der Waals surface area contributed by atoms with E-state index >= 15 is 0 Å². The molecule has 1 fully saturated rings. The number of amides is 1. The smallest absolute Gasteiger partial charge is 0.256 e. The summed E-state index contributed by atoms with van der Waals surface area (Å²) in [5, 5.41) is 2.78. The Morgan fingerprint density at radius 3 is 2.38 bits per heavy atom. The second-order valence-corrected chi connectivity index (χ2v) is 2.67. The normalized spacial score (nSPS) is 25.7. The minimum Gasteiger partial charge on any atom is -0.322 e. The van der Waals surface area contributed by atoms with Crippen molar-refractivity contribution in [3.05, 3.63) is 47.7 Å². The molecule has 1 saturated heterocycles. The van der Waals surface area contributed by atoms with Gasteiger partial charge in [0.2, 0.25) is 0 Å².